The van der Waals surface area contributed by atoms with Gasteiger partial charge in [0, 0.05) is 0 Å². The van der Waals surface area contributed by atoms with Crippen molar-refractivity contribution in [2.75, 3.05) is 0 Å². The summed E-state index contributed by atoms with van der Waals surface area (Å²) >= 11 is 0. The van der Waals surface area contributed by atoms with Gasteiger partial charge in [-0.05, 0) is 30.5 Å². The third-order valence-electron chi connectivity index (χ3n) is 3.20. The van der Waals surface area contributed by atoms with E-state index in [1.54, 1.807) is 25.1 Å². The third kappa shape index (κ3) is 5.10. The zero-order chi connectivity index (χ0) is 18.1. The van der Waals surface area contributed by atoms with Crippen LogP contribution in [0.2, 0.25) is 19.6 Å². The molecule has 0 aromatic heterocycles. The molecule has 0 heterocycles. The zero-order valence-corrected chi connectivity index (χ0v) is 15.4. The van der Waals surface area contributed by atoms with Crippen LogP contribution in [-0.4, -0.2) is 22.0 Å². The highest BCUT2D eigenvalue weighted by Gasteiger charge is 2.49. The lowest BCUT2D eigenvalue weighted by Gasteiger charge is -2.23. The van der Waals surface area contributed by atoms with Crippen LogP contribution in [0.5, 0.6) is 5.75 Å². The molecular weight excluding hydrogens is 345 g/mol. The third-order valence-corrected chi connectivity index (χ3v) is 6.17. The van der Waals surface area contributed by atoms with Crippen molar-refractivity contribution in [3.63, 3.8) is 0 Å². The van der Waals surface area contributed by atoms with Crippen molar-refractivity contribution >= 4 is 23.4 Å². The molecule has 0 saturated carbocycles. The Morgan fingerprint density at radius 1 is 1.26 bits per heavy atom. The SMILES string of the molecule is C=C(C)CCc1cccc([Si](C)(C)C)c1OS(=O)(=O)C(F)(F)F. The van der Waals surface area contributed by atoms with E-state index in [4.69, 9.17) is 0 Å². The smallest absolute Gasteiger partial charge is 0.376 e. The molecule has 0 saturated heterocycles. The summed E-state index contributed by atoms with van der Waals surface area (Å²) < 4.78 is 65.5. The average molecular weight is 366 g/mol. The molecule has 3 nitrogen and oxygen atoms in total. The lowest BCUT2D eigenvalue weighted by molar-refractivity contribution is -0.0500. The summed E-state index contributed by atoms with van der Waals surface area (Å²) in [4.78, 5) is 0. The maximum Gasteiger partial charge on any atom is 0.534 e. The van der Waals surface area contributed by atoms with Gasteiger partial charge in [0.15, 0.2) is 0 Å². The maximum atomic E-state index is 12.7. The molecule has 0 fully saturated rings. The lowest BCUT2D eigenvalue weighted by Crippen LogP contribution is -2.41. The minimum absolute atomic E-state index is 0.176. The Morgan fingerprint density at radius 3 is 2.26 bits per heavy atom. The highest BCUT2D eigenvalue weighted by Crippen LogP contribution is 2.30. The topological polar surface area (TPSA) is 43.4 Å². The first-order valence-corrected chi connectivity index (χ1v) is 11.9. The van der Waals surface area contributed by atoms with Crippen molar-refractivity contribution in [3.8, 4) is 5.75 Å². The van der Waals surface area contributed by atoms with Crippen LogP contribution < -0.4 is 9.37 Å². The summed E-state index contributed by atoms with van der Waals surface area (Å²) in [5.74, 6) is -0.176. The van der Waals surface area contributed by atoms with Crippen LogP contribution in [0.1, 0.15) is 18.9 Å². The second-order valence-electron chi connectivity index (χ2n) is 6.48. The molecule has 0 aliphatic carbocycles. The fourth-order valence-corrected chi connectivity index (χ4v) is 4.05. The zero-order valence-electron chi connectivity index (χ0n) is 13.6. The van der Waals surface area contributed by atoms with E-state index in [0.29, 0.717) is 23.6 Å². The number of benzene rings is 1. The predicted molar refractivity (Wildman–Crippen MR) is 88.2 cm³/mol. The number of para-hydroxylation sites is 1. The van der Waals surface area contributed by atoms with E-state index in [2.05, 4.69) is 10.8 Å². The minimum atomic E-state index is -5.69. The number of halogens is 3. The van der Waals surface area contributed by atoms with Gasteiger partial charge in [0.05, 0.1) is 8.07 Å². The van der Waals surface area contributed by atoms with E-state index in [1.165, 1.54) is 0 Å². The summed E-state index contributed by atoms with van der Waals surface area (Å²) in [5.41, 5.74) is -4.15. The Hall–Kier alpha value is -1.28. The molecule has 1 aromatic rings. The molecular formula is C15H21F3O3SSi. The Morgan fingerprint density at radius 2 is 1.83 bits per heavy atom. The molecule has 23 heavy (non-hydrogen) atoms. The molecule has 1 rings (SSSR count). The molecule has 8 heteroatoms. The van der Waals surface area contributed by atoms with Gasteiger partial charge in [-0.25, -0.2) is 0 Å². The van der Waals surface area contributed by atoms with Gasteiger partial charge in [-0.15, -0.1) is 6.58 Å². The van der Waals surface area contributed by atoms with Crippen LogP contribution in [0.15, 0.2) is 30.4 Å². The molecule has 1 aromatic carbocycles. The maximum absolute atomic E-state index is 12.7. The summed E-state index contributed by atoms with van der Waals surface area (Å²) in [6.45, 7) is 11.3. The molecule has 0 atom stereocenters. The van der Waals surface area contributed by atoms with Gasteiger partial charge in [-0.1, -0.05) is 43.4 Å². The van der Waals surface area contributed by atoms with E-state index >= 15 is 0 Å². The summed E-state index contributed by atoms with van der Waals surface area (Å²) in [5, 5.41) is 0.546. The van der Waals surface area contributed by atoms with E-state index in [-0.39, 0.29) is 5.75 Å². The highest BCUT2D eigenvalue weighted by atomic mass is 32.2. The monoisotopic (exact) mass is 366 g/mol. The summed E-state index contributed by atoms with van der Waals surface area (Å²) in [7, 11) is -7.80. The first-order valence-electron chi connectivity index (χ1n) is 7.03. The van der Waals surface area contributed by atoms with Crippen LogP contribution in [0.25, 0.3) is 0 Å². The average Bonchev–Trinajstić information content (AvgIpc) is 2.34. The molecule has 0 unspecified atom stereocenters. The van der Waals surface area contributed by atoms with Gasteiger partial charge in [-0.2, -0.15) is 21.6 Å². The van der Waals surface area contributed by atoms with E-state index in [0.717, 1.165) is 5.57 Å². The van der Waals surface area contributed by atoms with Gasteiger partial charge in [-0.3, -0.25) is 0 Å². The predicted octanol–water partition coefficient (Wildman–Crippen LogP) is 3.97. The van der Waals surface area contributed by atoms with Crippen molar-refractivity contribution in [1.29, 1.82) is 0 Å². The molecule has 0 radical (unpaired) electrons. The van der Waals surface area contributed by atoms with Crippen molar-refractivity contribution in [2.45, 2.75) is 44.9 Å². The molecule has 130 valence electrons. The minimum Gasteiger partial charge on any atom is -0.376 e. The molecule has 0 aliphatic heterocycles. The fourth-order valence-electron chi connectivity index (χ4n) is 1.98. The van der Waals surface area contributed by atoms with Gasteiger partial charge >= 0.3 is 15.6 Å². The van der Waals surface area contributed by atoms with Gasteiger partial charge in [0.1, 0.15) is 5.75 Å². The van der Waals surface area contributed by atoms with Gasteiger partial charge in [0.2, 0.25) is 0 Å². The van der Waals surface area contributed by atoms with Crippen molar-refractivity contribution in [2.24, 2.45) is 0 Å². The van der Waals surface area contributed by atoms with E-state index < -0.39 is 23.7 Å². The van der Waals surface area contributed by atoms with Crippen molar-refractivity contribution in [1.82, 2.24) is 0 Å². The molecule has 0 bridgehead atoms. The number of hydrogen-bond donors (Lipinski definition) is 0. The highest BCUT2D eigenvalue weighted by molar-refractivity contribution is 7.88. The standard InChI is InChI=1S/C15H21F3O3SSi/c1-11(2)9-10-12-7-6-8-13(23(3,4)5)14(12)21-22(19,20)15(16,17)18/h6-8H,1,9-10H2,2-5H3. The van der Waals surface area contributed by atoms with Crippen LogP contribution in [-0.2, 0) is 16.5 Å². The molecule has 0 amide bonds. The Kier molecular flexibility index (Phi) is 5.74. The summed E-state index contributed by atoms with van der Waals surface area (Å²) in [6, 6.07) is 4.94. The van der Waals surface area contributed by atoms with E-state index in [9.17, 15) is 21.6 Å². The van der Waals surface area contributed by atoms with Crippen LogP contribution in [0.3, 0.4) is 0 Å². The lowest BCUT2D eigenvalue weighted by atomic mass is 10.1. The van der Waals surface area contributed by atoms with Crippen molar-refractivity contribution in [3.05, 3.63) is 35.9 Å². The number of hydrogen-bond acceptors (Lipinski definition) is 3. The molecule has 0 N–H and O–H groups in total. The largest absolute Gasteiger partial charge is 0.534 e. The van der Waals surface area contributed by atoms with Gasteiger partial charge < -0.3 is 4.18 Å². The quantitative estimate of drug-likeness (QED) is 0.331. The van der Waals surface area contributed by atoms with E-state index in [1.807, 2.05) is 19.6 Å². The second-order valence-corrected chi connectivity index (χ2v) is 13.1. The van der Waals surface area contributed by atoms with Crippen LogP contribution in [0, 0.1) is 0 Å². The Labute approximate surface area is 136 Å². The molecule has 0 spiro atoms. The summed E-state index contributed by atoms with van der Waals surface area (Å²) in [6.07, 6.45) is 0.911. The second kappa shape index (κ2) is 6.68. The fraction of sp³-hybridized carbons (Fsp3) is 0.467. The first kappa shape index (κ1) is 19.8. The number of rotatable bonds is 6. The Balaban J connectivity index is 3.43. The molecule has 0 aliphatic rings. The Bertz CT molecular complexity index is 689. The van der Waals surface area contributed by atoms with Crippen LogP contribution >= 0.6 is 0 Å². The van der Waals surface area contributed by atoms with Crippen molar-refractivity contribution < 1.29 is 25.8 Å². The first-order chi connectivity index (χ1) is 10.3. The number of alkyl halides is 3. The normalized spacial score (nSPS) is 13.0. The van der Waals surface area contributed by atoms with Gasteiger partial charge in [0.25, 0.3) is 0 Å². The van der Waals surface area contributed by atoms with Crippen LogP contribution in [0.4, 0.5) is 13.2 Å². The number of allylic oxidation sites excluding steroid dienone is 1. The number of aryl methyl sites for hydroxylation is 1.